The van der Waals surface area contributed by atoms with Gasteiger partial charge in [-0.15, -0.1) is 25.1 Å². The van der Waals surface area contributed by atoms with Crippen molar-refractivity contribution in [2.45, 2.75) is 5.79 Å². The Hall–Kier alpha value is -3.79. The monoisotopic (exact) mass is 299 g/mol. The number of tetrazole rings is 1. The summed E-state index contributed by atoms with van der Waals surface area (Å²) in [6.07, 6.45) is 0.884. The van der Waals surface area contributed by atoms with E-state index in [1.165, 1.54) is 0 Å². The lowest BCUT2D eigenvalue weighted by Gasteiger charge is -2.06. The van der Waals surface area contributed by atoms with Crippen LogP contribution >= 0.6 is 0 Å². The number of hydrogen-bond donors (Lipinski definition) is 0. The molecule has 0 amide bonds. The van der Waals surface area contributed by atoms with E-state index in [9.17, 15) is 30.3 Å². The SMILES string of the molecule is O=[N+]([O-])C(c1nnnn1-c1nncnn1)([N+](=O)[O-])[N+](=O)[O-]. The molecule has 21 heavy (non-hydrogen) atoms. The standard InChI is InChI=1S/C4HN11O6/c16-13(17)4(14(18)19,15(20)21)2-7-10-11-12(2)3-8-5-1-6-9-3/h1H. The molecule has 17 nitrogen and oxygen atoms in total. The maximum absolute atomic E-state index is 10.9. The highest BCUT2D eigenvalue weighted by atomic mass is 16.7. The first-order chi connectivity index (χ1) is 9.92. The fourth-order valence-electron chi connectivity index (χ4n) is 1.26. The third-order valence-corrected chi connectivity index (χ3v) is 2.12. The summed E-state index contributed by atoms with van der Waals surface area (Å²) in [4.78, 5) is 27.5. The summed E-state index contributed by atoms with van der Waals surface area (Å²) in [5.74, 6) is -5.98. The van der Waals surface area contributed by atoms with E-state index in [1.54, 1.807) is 0 Å². The van der Waals surface area contributed by atoms with Gasteiger partial charge in [-0.1, -0.05) is 5.10 Å². The average Bonchev–Trinajstić information content (AvgIpc) is 2.88. The van der Waals surface area contributed by atoms with Gasteiger partial charge in [-0.05, 0) is 10.4 Å². The van der Waals surface area contributed by atoms with Gasteiger partial charge in [0.15, 0.2) is 21.1 Å². The molecule has 0 saturated heterocycles. The van der Waals surface area contributed by atoms with E-state index in [2.05, 4.69) is 35.9 Å². The molecule has 0 spiro atoms. The molecule has 17 heteroatoms. The lowest BCUT2D eigenvalue weighted by atomic mass is 10.3. The van der Waals surface area contributed by atoms with Crippen LogP contribution in [0.25, 0.3) is 5.95 Å². The number of nitro groups is 3. The third kappa shape index (κ3) is 1.84. The van der Waals surface area contributed by atoms with Crippen LogP contribution in [0.1, 0.15) is 5.82 Å². The number of nitrogens with zero attached hydrogens (tertiary/aromatic N) is 11. The quantitative estimate of drug-likeness (QED) is 0.308. The summed E-state index contributed by atoms with van der Waals surface area (Å²) in [6.45, 7) is 0. The van der Waals surface area contributed by atoms with E-state index >= 15 is 0 Å². The van der Waals surface area contributed by atoms with Gasteiger partial charge in [-0.3, -0.25) is 30.3 Å². The molecule has 2 rings (SSSR count). The van der Waals surface area contributed by atoms with E-state index in [0.29, 0.717) is 0 Å². The molecule has 0 fully saturated rings. The molecule has 2 aromatic rings. The van der Waals surface area contributed by atoms with Crippen molar-refractivity contribution in [1.29, 1.82) is 0 Å². The fourth-order valence-corrected chi connectivity index (χ4v) is 1.26. The smallest absolute Gasteiger partial charge is 0.252 e. The van der Waals surface area contributed by atoms with Crippen molar-refractivity contribution >= 4 is 0 Å². The summed E-state index contributed by atoms with van der Waals surface area (Å²) in [6, 6.07) is 0. The first kappa shape index (κ1) is 13.6. The Morgan fingerprint density at radius 2 is 1.48 bits per heavy atom. The molecule has 0 unspecified atom stereocenters. The maximum Gasteiger partial charge on any atom is 0.765 e. The van der Waals surface area contributed by atoms with Gasteiger partial charge in [0.05, 0.1) is 0 Å². The summed E-state index contributed by atoms with van der Waals surface area (Å²) >= 11 is 0. The zero-order valence-electron chi connectivity index (χ0n) is 9.45. The maximum atomic E-state index is 10.9. The number of aromatic nitrogens is 8. The molecule has 2 heterocycles. The van der Waals surface area contributed by atoms with Gasteiger partial charge >= 0.3 is 11.6 Å². The van der Waals surface area contributed by atoms with Gasteiger partial charge in [0.25, 0.3) is 5.95 Å². The Morgan fingerprint density at radius 3 is 1.95 bits per heavy atom. The van der Waals surface area contributed by atoms with Gasteiger partial charge in [-0.2, -0.15) is 0 Å². The second-order valence-electron chi connectivity index (χ2n) is 3.17. The number of hydrogen-bond acceptors (Lipinski definition) is 13. The van der Waals surface area contributed by atoms with Gasteiger partial charge in [0.1, 0.15) is 0 Å². The zero-order valence-corrected chi connectivity index (χ0v) is 9.45. The molecule has 0 N–H and O–H groups in total. The average molecular weight is 299 g/mol. The van der Waals surface area contributed by atoms with Gasteiger partial charge in [0, 0.05) is 0 Å². The second-order valence-corrected chi connectivity index (χ2v) is 3.17. The minimum atomic E-state index is -4.03. The van der Waals surface area contributed by atoms with E-state index in [0.717, 1.165) is 6.33 Å². The molecule has 0 aliphatic heterocycles. The minimum absolute atomic E-state index is 0.231. The van der Waals surface area contributed by atoms with E-state index in [1.807, 2.05) is 0 Å². The summed E-state index contributed by atoms with van der Waals surface area (Å²) < 4.78 is 0.231. The van der Waals surface area contributed by atoms with Gasteiger partial charge < -0.3 is 0 Å². The van der Waals surface area contributed by atoms with Crippen LogP contribution in [0.3, 0.4) is 0 Å². The summed E-state index contributed by atoms with van der Waals surface area (Å²) in [7, 11) is 0. The van der Waals surface area contributed by atoms with Crippen LogP contribution in [0.5, 0.6) is 0 Å². The van der Waals surface area contributed by atoms with Crippen molar-refractivity contribution in [1.82, 2.24) is 40.6 Å². The largest absolute Gasteiger partial charge is 0.765 e. The Labute approximate surface area is 111 Å². The molecule has 0 bridgehead atoms. The molecule has 0 saturated carbocycles. The van der Waals surface area contributed by atoms with Crippen LogP contribution < -0.4 is 0 Å². The second kappa shape index (κ2) is 4.71. The molecule has 0 aliphatic rings. The van der Waals surface area contributed by atoms with Crippen LogP contribution in [0.4, 0.5) is 0 Å². The van der Waals surface area contributed by atoms with Gasteiger partial charge in [-0.25, -0.2) is 0 Å². The van der Waals surface area contributed by atoms with Crippen LogP contribution in [-0.2, 0) is 5.79 Å². The van der Waals surface area contributed by atoms with Crippen LogP contribution in [0.15, 0.2) is 6.33 Å². The van der Waals surface area contributed by atoms with Crippen LogP contribution in [-0.4, -0.2) is 55.4 Å². The fraction of sp³-hybridized carbons (Fsp3) is 0.250. The van der Waals surface area contributed by atoms with Crippen molar-refractivity contribution < 1.29 is 14.8 Å². The molecule has 0 aliphatic carbocycles. The van der Waals surface area contributed by atoms with Gasteiger partial charge in [0.2, 0.25) is 0 Å². The lowest BCUT2D eigenvalue weighted by Crippen LogP contribution is -2.52. The minimum Gasteiger partial charge on any atom is -0.252 e. The Morgan fingerprint density at radius 1 is 0.952 bits per heavy atom. The van der Waals surface area contributed by atoms with Crippen LogP contribution in [0.2, 0.25) is 0 Å². The molecular formula is C4HN11O6. The summed E-state index contributed by atoms with van der Waals surface area (Å²) in [5, 5.41) is 54.9. The zero-order chi connectivity index (χ0) is 15.6. The molecule has 0 aromatic carbocycles. The Balaban J connectivity index is 2.75. The van der Waals surface area contributed by atoms with Crippen molar-refractivity contribution in [2.75, 3.05) is 0 Å². The van der Waals surface area contributed by atoms with Crippen LogP contribution in [0, 0.1) is 30.3 Å². The first-order valence-corrected chi connectivity index (χ1v) is 4.65. The van der Waals surface area contributed by atoms with Crippen molar-refractivity contribution in [3.8, 4) is 5.95 Å². The first-order valence-electron chi connectivity index (χ1n) is 4.65. The highest BCUT2D eigenvalue weighted by Gasteiger charge is 2.77. The van der Waals surface area contributed by atoms with E-state index in [-0.39, 0.29) is 4.68 Å². The lowest BCUT2D eigenvalue weighted by molar-refractivity contribution is -0.987. The molecular weight excluding hydrogens is 298 g/mol. The highest BCUT2D eigenvalue weighted by Crippen LogP contribution is 2.25. The highest BCUT2D eigenvalue weighted by molar-refractivity contribution is 5.06. The normalized spacial score (nSPS) is 11.0. The molecule has 0 radical (unpaired) electrons. The Kier molecular flexibility index (Phi) is 3.06. The predicted octanol–water partition coefficient (Wildman–Crippen LogP) is -2.82. The number of rotatable bonds is 5. The topological polar surface area (TPSA) is 225 Å². The summed E-state index contributed by atoms with van der Waals surface area (Å²) in [5.41, 5.74) is 0. The third-order valence-electron chi connectivity index (χ3n) is 2.12. The van der Waals surface area contributed by atoms with Crippen molar-refractivity contribution in [3.63, 3.8) is 0 Å². The molecule has 108 valence electrons. The molecule has 0 atom stereocenters. The van der Waals surface area contributed by atoms with E-state index in [4.69, 9.17) is 0 Å². The molecule has 2 aromatic heterocycles. The predicted molar refractivity (Wildman–Crippen MR) is 53.0 cm³/mol. The Bertz CT molecular complexity index is 674. The van der Waals surface area contributed by atoms with Crippen molar-refractivity contribution in [2.24, 2.45) is 0 Å². The van der Waals surface area contributed by atoms with Crippen molar-refractivity contribution in [3.05, 3.63) is 42.5 Å². The van der Waals surface area contributed by atoms with E-state index < -0.39 is 32.3 Å².